The van der Waals surface area contributed by atoms with Crippen molar-refractivity contribution in [2.24, 2.45) is 0 Å². The van der Waals surface area contributed by atoms with Crippen LogP contribution in [0.25, 0.3) is 0 Å². The lowest BCUT2D eigenvalue weighted by atomic mass is 10.1. The van der Waals surface area contributed by atoms with Gasteiger partial charge in [-0.3, -0.25) is 0 Å². The molecular formula is C12H18ClNO2. The summed E-state index contributed by atoms with van der Waals surface area (Å²) in [6.07, 6.45) is 0.767. The van der Waals surface area contributed by atoms with Crippen LogP contribution in [0, 0.1) is 6.92 Å². The van der Waals surface area contributed by atoms with Crippen LogP contribution in [0.15, 0.2) is 12.1 Å². The van der Waals surface area contributed by atoms with Gasteiger partial charge in [0, 0.05) is 13.2 Å². The van der Waals surface area contributed by atoms with Crippen molar-refractivity contribution in [1.82, 2.24) is 5.32 Å². The molecule has 0 saturated carbocycles. The quantitative estimate of drug-likeness (QED) is 0.753. The van der Waals surface area contributed by atoms with E-state index in [9.17, 15) is 0 Å². The summed E-state index contributed by atoms with van der Waals surface area (Å²) in [7, 11) is 1.61. The van der Waals surface area contributed by atoms with Gasteiger partial charge in [-0.15, -0.1) is 0 Å². The van der Waals surface area contributed by atoms with Crippen molar-refractivity contribution in [2.45, 2.75) is 19.9 Å². The van der Waals surface area contributed by atoms with Gasteiger partial charge in [-0.05, 0) is 43.1 Å². The van der Waals surface area contributed by atoms with Gasteiger partial charge in [-0.2, -0.15) is 0 Å². The van der Waals surface area contributed by atoms with Crippen molar-refractivity contribution in [2.75, 3.05) is 20.3 Å². The highest BCUT2D eigenvalue weighted by Crippen LogP contribution is 2.27. The Balaban J connectivity index is 2.63. The molecule has 0 saturated heterocycles. The lowest BCUT2D eigenvalue weighted by Crippen LogP contribution is -2.16. The van der Waals surface area contributed by atoms with E-state index in [-0.39, 0.29) is 6.61 Å². The van der Waals surface area contributed by atoms with Crippen molar-refractivity contribution in [3.05, 3.63) is 28.3 Å². The topological polar surface area (TPSA) is 41.5 Å². The summed E-state index contributed by atoms with van der Waals surface area (Å²) in [6, 6.07) is 3.85. The van der Waals surface area contributed by atoms with Crippen molar-refractivity contribution in [3.8, 4) is 5.75 Å². The van der Waals surface area contributed by atoms with Crippen molar-refractivity contribution in [1.29, 1.82) is 0 Å². The summed E-state index contributed by atoms with van der Waals surface area (Å²) in [5.41, 5.74) is 2.31. The number of aliphatic hydroxyl groups excluding tert-OH is 1. The first-order valence-corrected chi connectivity index (χ1v) is 5.71. The number of ether oxygens (including phenoxy) is 1. The molecule has 0 aliphatic carbocycles. The van der Waals surface area contributed by atoms with Gasteiger partial charge in [0.05, 0.1) is 12.1 Å². The van der Waals surface area contributed by atoms with E-state index in [1.165, 1.54) is 0 Å². The molecule has 1 rings (SSSR count). The van der Waals surface area contributed by atoms with E-state index < -0.39 is 0 Å². The highest BCUT2D eigenvalue weighted by molar-refractivity contribution is 6.32. The van der Waals surface area contributed by atoms with E-state index in [1.54, 1.807) is 7.11 Å². The Labute approximate surface area is 101 Å². The second-order valence-electron chi connectivity index (χ2n) is 3.67. The molecule has 0 aliphatic heterocycles. The van der Waals surface area contributed by atoms with Gasteiger partial charge in [0.25, 0.3) is 0 Å². The molecule has 4 heteroatoms. The van der Waals surface area contributed by atoms with E-state index in [1.807, 2.05) is 19.1 Å². The molecule has 0 radical (unpaired) electrons. The number of nitrogens with one attached hydrogen (secondary N) is 1. The summed E-state index contributed by atoms with van der Waals surface area (Å²) < 4.78 is 5.14. The van der Waals surface area contributed by atoms with Gasteiger partial charge in [-0.25, -0.2) is 0 Å². The fourth-order valence-corrected chi connectivity index (χ4v) is 1.73. The summed E-state index contributed by atoms with van der Waals surface area (Å²) in [4.78, 5) is 0. The Morgan fingerprint density at radius 2 is 2.19 bits per heavy atom. The third-order valence-corrected chi connectivity index (χ3v) is 2.73. The zero-order chi connectivity index (χ0) is 12.0. The maximum atomic E-state index is 8.65. The Morgan fingerprint density at radius 1 is 1.44 bits per heavy atom. The fraction of sp³-hybridized carbons (Fsp3) is 0.500. The smallest absolute Gasteiger partial charge is 0.137 e. The molecule has 3 nitrogen and oxygen atoms in total. The molecule has 2 N–H and O–H groups in total. The fourth-order valence-electron chi connectivity index (χ4n) is 1.47. The molecule has 0 heterocycles. The van der Waals surface area contributed by atoms with Crippen LogP contribution in [0.3, 0.4) is 0 Å². The van der Waals surface area contributed by atoms with Crippen LogP contribution in [0.2, 0.25) is 5.02 Å². The highest BCUT2D eigenvalue weighted by atomic mass is 35.5. The predicted molar refractivity (Wildman–Crippen MR) is 66.2 cm³/mol. The lowest BCUT2D eigenvalue weighted by molar-refractivity contribution is 0.286. The SMILES string of the molecule is COc1cc(C)c(CNCCCO)cc1Cl. The van der Waals surface area contributed by atoms with E-state index >= 15 is 0 Å². The van der Waals surface area contributed by atoms with E-state index in [4.69, 9.17) is 21.4 Å². The summed E-state index contributed by atoms with van der Waals surface area (Å²) in [6.45, 7) is 3.81. The number of methoxy groups -OCH3 is 1. The summed E-state index contributed by atoms with van der Waals surface area (Å²) in [5.74, 6) is 0.707. The molecule has 0 atom stereocenters. The van der Waals surface area contributed by atoms with Gasteiger partial charge in [0.1, 0.15) is 5.75 Å². The van der Waals surface area contributed by atoms with Crippen molar-refractivity contribution >= 4 is 11.6 Å². The minimum Gasteiger partial charge on any atom is -0.495 e. The lowest BCUT2D eigenvalue weighted by Gasteiger charge is -2.10. The van der Waals surface area contributed by atoms with Crippen LogP contribution in [0.1, 0.15) is 17.5 Å². The molecule has 0 aliphatic rings. The summed E-state index contributed by atoms with van der Waals surface area (Å²) in [5, 5.41) is 12.5. The van der Waals surface area contributed by atoms with Gasteiger partial charge in [-0.1, -0.05) is 11.6 Å². The highest BCUT2D eigenvalue weighted by Gasteiger charge is 2.05. The number of aliphatic hydroxyl groups is 1. The molecule has 0 amide bonds. The average molecular weight is 244 g/mol. The van der Waals surface area contributed by atoms with Crippen LogP contribution in [-0.4, -0.2) is 25.4 Å². The predicted octanol–water partition coefficient (Wildman–Crippen LogP) is 2.13. The molecule has 16 heavy (non-hydrogen) atoms. The molecule has 0 spiro atoms. The molecule has 0 bridgehead atoms. The molecule has 0 fully saturated rings. The zero-order valence-corrected chi connectivity index (χ0v) is 10.5. The second-order valence-corrected chi connectivity index (χ2v) is 4.07. The average Bonchev–Trinajstić information content (AvgIpc) is 2.28. The summed E-state index contributed by atoms with van der Waals surface area (Å²) >= 11 is 6.05. The van der Waals surface area contributed by atoms with E-state index in [0.29, 0.717) is 10.8 Å². The maximum absolute atomic E-state index is 8.65. The van der Waals surface area contributed by atoms with Crippen molar-refractivity contribution < 1.29 is 9.84 Å². The van der Waals surface area contributed by atoms with Crippen LogP contribution in [0.5, 0.6) is 5.75 Å². The molecule has 1 aromatic carbocycles. The van der Waals surface area contributed by atoms with E-state index in [2.05, 4.69) is 5.32 Å². The largest absolute Gasteiger partial charge is 0.495 e. The van der Waals surface area contributed by atoms with Gasteiger partial charge >= 0.3 is 0 Å². The number of hydrogen-bond acceptors (Lipinski definition) is 3. The Bertz CT molecular complexity index is 342. The van der Waals surface area contributed by atoms with Crippen molar-refractivity contribution in [3.63, 3.8) is 0 Å². The number of aryl methyl sites for hydroxylation is 1. The number of hydrogen-bond donors (Lipinski definition) is 2. The minimum absolute atomic E-state index is 0.218. The molecule has 90 valence electrons. The Morgan fingerprint density at radius 3 is 2.81 bits per heavy atom. The van der Waals surface area contributed by atoms with Crippen LogP contribution >= 0.6 is 11.6 Å². The normalized spacial score (nSPS) is 10.5. The first-order chi connectivity index (χ1) is 7.69. The third-order valence-electron chi connectivity index (χ3n) is 2.44. The number of halogens is 1. The zero-order valence-electron chi connectivity index (χ0n) is 9.72. The van der Waals surface area contributed by atoms with Gasteiger partial charge in [0.15, 0.2) is 0 Å². The van der Waals surface area contributed by atoms with Gasteiger partial charge in [0.2, 0.25) is 0 Å². The van der Waals surface area contributed by atoms with Crippen LogP contribution < -0.4 is 10.1 Å². The van der Waals surface area contributed by atoms with Gasteiger partial charge < -0.3 is 15.2 Å². The maximum Gasteiger partial charge on any atom is 0.137 e. The number of rotatable bonds is 6. The monoisotopic (exact) mass is 243 g/mol. The molecule has 0 aromatic heterocycles. The standard InChI is InChI=1S/C12H18ClNO2/c1-9-6-12(16-2)11(13)7-10(9)8-14-4-3-5-15/h6-7,14-15H,3-5,8H2,1-2H3. The second kappa shape index (κ2) is 6.74. The van der Waals surface area contributed by atoms with Crippen LogP contribution in [0.4, 0.5) is 0 Å². The molecule has 1 aromatic rings. The Hall–Kier alpha value is -0.770. The number of benzene rings is 1. The molecule has 0 unspecified atom stereocenters. The van der Waals surface area contributed by atoms with E-state index in [0.717, 1.165) is 30.6 Å². The minimum atomic E-state index is 0.218. The van der Waals surface area contributed by atoms with Crippen LogP contribution in [-0.2, 0) is 6.54 Å². The molecular weight excluding hydrogens is 226 g/mol. The third kappa shape index (κ3) is 3.67. The first kappa shape index (κ1) is 13.3. The Kier molecular flexibility index (Phi) is 5.60. The first-order valence-electron chi connectivity index (χ1n) is 5.33.